The number of amides is 1. The van der Waals surface area contributed by atoms with E-state index in [0.717, 1.165) is 16.9 Å². The SMILES string of the molecule is CCOc1cc([N+](=O)[O-])c(C(=O)NCCc2nc3ccccc3[nH]2)cc1OC. The monoisotopic (exact) mass is 384 g/mol. The van der Waals surface area contributed by atoms with Gasteiger partial charge in [-0.2, -0.15) is 0 Å². The average Bonchev–Trinajstić information content (AvgIpc) is 3.10. The molecule has 0 bridgehead atoms. The molecule has 0 aliphatic heterocycles. The van der Waals surface area contributed by atoms with Gasteiger partial charge in [-0.1, -0.05) is 12.1 Å². The topological polar surface area (TPSA) is 119 Å². The van der Waals surface area contributed by atoms with Crippen LogP contribution in [0.5, 0.6) is 11.5 Å². The Morgan fingerprint density at radius 3 is 2.75 bits per heavy atom. The van der Waals surface area contributed by atoms with Gasteiger partial charge in [0.15, 0.2) is 11.5 Å². The van der Waals surface area contributed by atoms with E-state index in [1.807, 2.05) is 24.3 Å². The minimum atomic E-state index is -0.615. The lowest BCUT2D eigenvalue weighted by Gasteiger charge is -2.12. The summed E-state index contributed by atoms with van der Waals surface area (Å²) >= 11 is 0. The van der Waals surface area contributed by atoms with Crippen LogP contribution >= 0.6 is 0 Å². The lowest BCUT2D eigenvalue weighted by atomic mass is 10.1. The number of methoxy groups -OCH3 is 1. The van der Waals surface area contributed by atoms with Crippen molar-refractivity contribution in [1.82, 2.24) is 15.3 Å². The molecule has 1 aromatic heterocycles. The van der Waals surface area contributed by atoms with Crippen molar-refractivity contribution in [3.05, 3.63) is 57.9 Å². The number of nitrogens with one attached hydrogen (secondary N) is 2. The Kier molecular flexibility index (Phi) is 5.73. The number of imidazole rings is 1. The van der Waals surface area contributed by atoms with Crippen LogP contribution in [0.2, 0.25) is 0 Å². The van der Waals surface area contributed by atoms with Gasteiger partial charge in [0.05, 0.1) is 35.7 Å². The van der Waals surface area contributed by atoms with E-state index in [4.69, 9.17) is 9.47 Å². The van der Waals surface area contributed by atoms with Gasteiger partial charge in [-0.15, -0.1) is 0 Å². The highest BCUT2D eigenvalue weighted by molar-refractivity contribution is 5.99. The van der Waals surface area contributed by atoms with E-state index in [-0.39, 0.29) is 29.3 Å². The number of aromatic amines is 1. The van der Waals surface area contributed by atoms with Gasteiger partial charge in [0, 0.05) is 19.0 Å². The van der Waals surface area contributed by atoms with Gasteiger partial charge < -0.3 is 19.8 Å². The number of nitrogens with zero attached hydrogens (tertiary/aromatic N) is 2. The van der Waals surface area contributed by atoms with Crippen LogP contribution in [0.4, 0.5) is 5.69 Å². The fourth-order valence-electron chi connectivity index (χ4n) is 2.82. The number of ether oxygens (including phenoxy) is 2. The molecular formula is C19H20N4O5. The molecule has 0 saturated heterocycles. The highest BCUT2D eigenvalue weighted by Crippen LogP contribution is 2.34. The van der Waals surface area contributed by atoms with Crippen molar-refractivity contribution in [2.24, 2.45) is 0 Å². The van der Waals surface area contributed by atoms with Crippen LogP contribution in [0.3, 0.4) is 0 Å². The van der Waals surface area contributed by atoms with Crippen LogP contribution in [-0.4, -0.2) is 41.1 Å². The average molecular weight is 384 g/mol. The van der Waals surface area contributed by atoms with Crippen molar-refractivity contribution in [1.29, 1.82) is 0 Å². The Morgan fingerprint density at radius 2 is 2.07 bits per heavy atom. The summed E-state index contributed by atoms with van der Waals surface area (Å²) in [5, 5.41) is 14.1. The molecule has 0 aliphatic carbocycles. The summed E-state index contributed by atoms with van der Waals surface area (Å²) in [6.07, 6.45) is 0.461. The Labute approximate surface area is 160 Å². The zero-order valence-corrected chi connectivity index (χ0v) is 15.5. The van der Waals surface area contributed by atoms with Crippen LogP contribution in [0.15, 0.2) is 36.4 Å². The molecule has 2 N–H and O–H groups in total. The maximum Gasteiger partial charge on any atom is 0.286 e. The predicted octanol–water partition coefficient (Wildman–Crippen LogP) is 2.85. The minimum absolute atomic E-state index is 0.0880. The zero-order chi connectivity index (χ0) is 20.1. The van der Waals surface area contributed by atoms with Crippen molar-refractivity contribution in [2.45, 2.75) is 13.3 Å². The van der Waals surface area contributed by atoms with Crippen molar-refractivity contribution < 1.29 is 19.2 Å². The Morgan fingerprint density at radius 1 is 1.29 bits per heavy atom. The zero-order valence-electron chi connectivity index (χ0n) is 15.5. The largest absolute Gasteiger partial charge is 0.493 e. The molecule has 2 aromatic carbocycles. The first kappa shape index (κ1) is 19.2. The molecule has 0 radical (unpaired) electrons. The van der Waals surface area contributed by atoms with E-state index in [2.05, 4.69) is 15.3 Å². The third-order valence-corrected chi connectivity index (χ3v) is 4.11. The number of nitro groups is 1. The number of carbonyl (C=O) groups excluding carboxylic acids is 1. The molecular weight excluding hydrogens is 364 g/mol. The Hall–Kier alpha value is -3.62. The van der Waals surface area contributed by atoms with Gasteiger partial charge in [0.1, 0.15) is 11.4 Å². The molecule has 146 valence electrons. The molecule has 0 spiro atoms. The predicted molar refractivity (Wildman–Crippen MR) is 103 cm³/mol. The summed E-state index contributed by atoms with van der Waals surface area (Å²) in [6.45, 7) is 2.34. The first-order chi connectivity index (χ1) is 13.5. The fraction of sp³-hybridized carbons (Fsp3) is 0.263. The Bertz CT molecular complexity index is 982. The Balaban J connectivity index is 1.74. The number of nitro benzene ring substituents is 1. The van der Waals surface area contributed by atoms with E-state index < -0.39 is 10.8 Å². The highest BCUT2D eigenvalue weighted by Gasteiger charge is 2.24. The second-order valence-corrected chi connectivity index (χ2v) is 5.92. The maximum absolute atomic E-state index is 12.5. The van der Waals surface area contributed by atoms with Crippen LogP contribution in [0, 0.1) is 10.1 Å². The van der Waals surface area contributed by atoms with Crippen molar-refractivity contribution in [3.8, 4) is 11.5 Å². The minimum Gasteiger partial charge on any atom is -0.493 e. The summed E-state index contributed by atoms with van der Waals surface area (Å²) in [4.78, 5) is 30.9. The quantitative estimate of drug-likeness (QED) is 0.455. The summed E-state index contributed by atoms with van der Waals surface area (Å²) in [5.41, 5.74) is 1.33. The highest BCUT2D eigenvalue weighted by atomic mass is 16.6. The number of aromatic nitrogens is 2. The molecule has 1 amide bonds. The number of carbonyl (C=O) groups is 1. The number of fused-ring (bicyclic) bond motifs is 1. The van der Waals surface area contributed by atoms with Gasteiger partial charge in [-0.25, -0.2) is 4.98 Å². The van der Waals surface area contributed by atoms with Crippen molar-refractivity contribution >= 4 is 22.6 Å². The molecule has 3 rings (SSSR count). The standard InChI is InChI=1S/C19H20N4O5/c1-3-28-17-11-15(23(25)26)12(10-16(17)27-2)19(24)20-9-8-18-21-13-6-4-5-7-14(13)22-18/h4-7,10-11H,3,8-9H2,1-2H3,(H,20,24)(H,21,22). The van der Waals surface area contributed by atoms with Gasteiger partial charge >= 0.3 is 0 Å². The molecule has 28 heavy (non-hydrogen) atoms. The summed E-state index contributed by atoms with van der Waals surface area (Å²) in [6, 6.07) is 10.1. The fourth-order valence-corrected chi connectivity index (χ4v) is 2.82. The van der Waals surface area contributed by atoms with Gasteiger partial charge in [-0.3, -0.25) is 14.9 Å². The third-order valence-electron chi connectivity index (χ3n) is 4.11. The van der Waals surface area contributed by atoms with E-state index in [1.165, 1.54) is 19.2 Å². The number of rotatable bonds is 8. The molecule has 1 heterocycles. The molecule has 0 aliphatic rings. The van der Waals surface area contributed by atoms with Crippen LogP contribution in [-0.2, 0) is 6.42 Å². The molecule has 0 saturated carbocycles. The first-order valence-electron chi connectivity index (χ1n) is 8.74. The van der Waals surface area contributed by atoms with Crippen molar-refractivity contribution in [2.75, 3.05) is 20.3 Å². The number of para-hydroxylation sites is 2. The lowest BCUT2D eigenvalue weighted by molar-refractivity contribution is -0.385. The number of hydrogen-bond acceptors (Lipinski definition) is 6. The second-order valence-electron chi connectivity index (χ2n) is 5.92. The third kappa shape index (κ3) is 4.03. The number of benzene rings is 2. The smallest absolute Gasteiger partial charge is 0.286 e. The molecule has 9 nitrogen and oxygen atoms in total. The molecule has 0 atom stereocenters. The van der Waals surface area contributed by atoms with Crippen LogP contribution < -0.4 is 14.8 Å². The maximum atomic E-state index is 12.5. The molecule has 3 aromatic rings. The first-order valence-corrected chi connectivity index (χ1v) is 8.74. The summed E-state index contributed by atoms with van der Waals surface area (Å²) < 4.78 is 10.5. The second kappa shape index (κ2) is 8.38. The van der Waals surface area contributed by atoms with E-state index in [9.17, 15) is 14.9 Å². The van der Waals surface area contributed by atoms with Crippen molar-refractivity contribution in [3.63, 3.8) is 0 Å². The van der Waals surface area contributed by atoms with Gasteiger partial charge in [0.25, 0.3) is 11.6 Å². The number of H-pyrrole nitrogens is 1. The van der Waals surface area contributed by atoms with E-state index in [0.29, 0.717) is 13.0 Å². The normalized spacial score (nSPS) is 10.6. The van der Waals surface area contributed by atoms with Gasteiger partial charge in [0.2, 0.25) is 0 Å². The van der Waals surface area contributed by atoms with Crippen LogP contribution in [0.1, 0.15) is 23.1 Å². The number of hydrogen-bond donors (Lipinski definition) is 2. The van der Waals surface area contributed by atoms with Crippen LogP contribution in [0.25, 0.3) is 11.0 Å². The van der Waals surface area contributed by atoms with E-state index in [1.54, 1.807) is 6.92 Å². The van der Waals surface area contributed by atoms with E-state index >= 15 is 0 Å². The molecule has 0 unspecified atom stereocenters. The summed E-state index contributed by atoms with van der Waals surface area (Å²) in [7, 11) is 1.41. The molecule has 0 fully saturated rings. The molecule has 9 heteroatoms. The van der Waals surface area contributed by atoms with Gasteiger partial charge in [-0.05, 0) is 19.1 Å². The lowest BCUT2D eigenvalue weighted by Crippen LogP contribution is -2.26. The summed E-state index contributed by atoms with van der Waals surface area (Å²) in [5.74, 6) is 0.634.